The molecule has 24 heavy (non-hydrogen) atoms. The van der Waals surface area contributed by atoms with E-state index in [9.17, 15) is 4.79 Å². The van der Waals surface area contributed by atoms with Crippen LogP contribution in [-0.4, -0.2) is 35.9 Å². The summed E-state index contributed by atoms with van der Waals surface area (Å²) in [7, 11) is 1.84. The predicted octanol–water partition coefficient (Wildman–Crippen LogP) is 4.04. The van der Waals surface area contributed by atoms with Crippen LogP contribution < -0.4 is 4.90 Å². The molecule has 3 rings (SSSR count). The first-order valence-corrected chi connectivity index (χ1v) is 8.77. The SMILES string of the molecule is CCCCN(C)C(=O)c1ccc(N2CCCc3ccccc32)cn1. The Morgan fingerprint density at radius 3 is 2.83 bits per heavy atom. The Kier molecular flexibility index (Phi) is 5.14. The highest BCUT2D eigenvalue weighted by atomic mass is 16.2. The third-order valence-corrected chi connectivity index (χ3v) is 4.58. The number of rotatable bonds is 5. The number of amides is 1. The Morgan fingerprint density at radius 2 is 2.08 bits per heavy atom. The minimum atomic E-state index is -0.00551. The second-order valence-corrected chi connectivity index (χ2v) is 6.37. The maximum Gasteiger partial charge on any atom is 0.272 e. The van der Waals surface area contributed by atoms with Crippen LogP contribution in [0.3, 0.4) is 0 Å². The Balaban J connectivity index is 1.77. The molecule has 0 saturated heterocycles. The summed E-state index contributed by atoms with van der Waals surface area (Å²) in [4.78, 5) is 20.9. The summed E-state index contributed by atoms with van der Waals surface area (Å²) < 4.78 is 0. The Bertz CT molecular complexity index is 696. The zero-order valence-electron chi connectivity index (χ0n) is 14.5. The standard InChI is InChI=1S/C20H25N3O/c1-3-4-13-22(2)20(24)18-12-11-17(15-21-18)23-14-7-9-16-8-5-6-10-19(16)23/h5-6,8,10-12,15H,3-4,7,9,13-14H2,1-2H3. The Labute approximate surface area is 144 Å². The molecule has 2 heterocycles. The van der Waals surface area contributed by atoms with Crippen molar-refractivity contribution in [2.75, 3.05) is 25.0 Å². The van der Waals surface area contributed by atoms with Gasteiger partial charge in [-0.05, 0) is 43.0 Å². The number of hydrogen-bond acceptors (Lipinski definition) is 3. The molecule has 0 N–H and O–H groups in total. The van der Waals surface area contributed by atoms with Gasteiger partial charge in [-0.3, -0.25) is 4.79 Å². The van der Waals surface area contributed by atoms with E-state index in [0.29, 0.717) is 5.69 Å². The maximum atomic E-state index is 12.4. The number of aryl methyl sites for hydroxylation is 1. The van der Waals surface area contributed by atoms with Gasteiger partial charge in [-0.2, -0.15) is 0 Å². The van der Waals surface area contributed by atoms with E-state index in [1.54, 1.807) is 4.90 Å². The van der Waals surface area contributed by atoms with Crippen LogP contribution in [0.4, 0.5) is 11.4 Å². The van der Waals surface area contributed by atoms with Gasteiger partial charge in [0.05, 0.1) is 11.9 Å². The monoisotopic (exact) mass is 323 g/mol. The van der Waals surface area contributed by atoms with Gasteiger partial charge in [0.25, 0.3) is 5.91 Å². The van der Waals surface area contributed by atoms with E-state index in [0.717, 1.165) is 44.5 Å². The molecule has 126 valence electrons. The van der Waals surface area contributed by atoms with E-state index in [1.165, 1.54) is 11.3 Å². The second kappa shape index (κ2) is 7.47. The topological polar surface area (TPSA) is 36.4 Å². The number of para-hydroxylation sites is 1. The van der Waals surface area contributed by atoms with Gasteiger partial charge in [0.1, 0.15) is 5.69 Å². The van der Waals surface area contributed by atoms with Gasteiger partial charge < -0.3 is 9.80 Å². The van der Waals surface area contributed by atoms with Crippen molar-refractivity contribution in [2.24, 2.45) is 0 Å². The number of benzene rings is 1. The third-order valence-electron chi connectivity index (χ3n) is 4.58. The van der Waals surface area contributed by atoms with Crippen LogP contribution in [0.2, 0.25) is 0 Å². The third kappa shape index (κ3) is 3.42. The number of anilines is 2. The zero-order valence-corrected chi connectivity index (χ0v) is 14.5. The van der Waals surface area contributed by atoms with E-state index in [1.807, 2.05) is 25.4 Å². The molecule has 2 aromatic rings. The lowest BCUT2D eigenvalue weighted by Gasteiger charge is -2.31. The summed E-state index contributed by atoms with van der Waals surface area (Å²) in [6.07, 6.45) is 6.18. The minimum Gasteiger partial charge on any atom is -0.340 e. The summed E-state index contributed by atoms with van der Waals surface area (Å²) >= 11 is 0. The molecule has 4 heteroatoms. The average Bonchev–Trinajstić information content (AvgIpc) is 2.65. The van der Waals surface area contributed by atoms with Crippen molar-refractivity contribution in [3.05, 3.63) is 53.9 Å². The van der Waals surface area contributed by atoms with E-state index >= 15 is 0 Å². The number of pyridine rings is 1. The van der Waals surface area contributed by atoms with Gasteiger partial charge >= 0.3 is 0 Å². The lowest BCUT2D eigenvalue weighted by atomic mass is 10.0. The molecule has 1 aliphatic heterocycles. The molecule has 1 aromatic heterocycles. The summed E-state index contributed by atoms with van der Waals surface area (Å²) in [6.45, 7) is 3.89. The molecular weight excluding hydrogens is 298 g/mol. The zero-order chi connectivity index (χ0) is 16.9. The molecular formula is C20H25N3O. The van der Waals surface area contributed by atoms with Gasteiger partial charge in [0, 0.05) is 25.8 Å². The Morgan fingerprint density at radius 1 is 1.25 bits per heavy atom. The van der Waals surface area contributed by atoms with Crippen LogP contribution in [0.1, 0.15) is 42.2 Å². The van der Waals surface area contributed by atoms with Crippen molar-refractivity contribution in [1.29, 1.82) is 0 Å². The highest BCUT2D eigenvalue weighted by Crippen LogP contribution is 2.32. The van der Waals surface area contributed by atoms with Crippen molar-refractivity contribution in [3.8, 4) is 0 Å². The first-order chi connectivity index (χ1) is 11.7. The first-order valence-electron chi connectivity index (χ1n) is 8.77. The summed E-state index contributed by atoms with van der Waals surface area (Å²) in [5, 5.41) is 0. The Hall–Kier alpha value is -2.36. The molecule has 0 aliphatic carbocycles. The lowest BCUT2D eigenvalue weighted by molar-refractivity contribution is 0.0787. The van der Waals surface area contributed by atoms with Crippen LogP contribution in [0.5, 0.6) is 0 Å². The van der Waals surface area contributed by atoms with E-state index < -0.39 is 0 Å². The summed E-state index contributed by atoms with van der Waals surface area (Å²) in [5.74, 6) is -0.00551. The predicted molar refractivity (Wildman–Crippen MR) is 97.9 cm³/mol. The van der Waals surface area contributed by atoms with E-state index in [2.05, 4.69) is 41.1 Å². The average molecular weight is 323 g/mol. The van der Waals surface area contributed by atoms with Crippen molar-refractivity contribution in [3.63, 3.8) is 0 Å². The molecule has 0 unspecified atom stereocenters. The number of fused-ring (bicyclic) bond motifs is 1. The summed E-state index contributed by atoms with van der Waals surface area (Å²) in [6, 6.07) is 12.4. The van der Waals surface area contributed by atoms with Crippen molar-refractivity contribution >= 4 is 17.3 Å². The normalized spacial score (nSPS) is 13.5. The van der Waals surface area contributed by atoms with Gasteiger partial charge in [0.15, 0.2) is 0 Å². The fourth-order valence-electron chi connectivity index (χ4n) is 3.17. The molecule has 0 radical (unpaired) electrons. The second-order valence-electron chi connectivity index (χ2n) is 6.37. The maximum absolute atomic E-state index is 12.4. The highest BCUT2D eigenvalue weighted by Gasteiger charge is 2.19. The van der Waals surface area contributed by atoms with Crippen LogP contribution in [0.25, 0.3) is 0 Å². The number of hydrogen-bond donors (Lipinski definition) is 0. The van der Waals surface area contributed by atoms with Crippen LogP contribution in [-0.2, 0) is 6.42 Å². The molecule has 1 aromatic carbocycles. The molecule has 4 nitrogen and oxygen atoms in total. The molecule has 0 bridgehead atoms. The van der Waals surface area contributed by atoms with Crippen LogP contribution >= 0.6 is 0 Å². The van der Waals surface area contributed by atoms with Crippen molar-refractivity contribution in [1.82, 2.24) is 9.88 Å². The quantitative estimate of drug-likeness (QED) is 0.833. The smallest absolute Gasteiger partial charge is 0.272 e. The van der Waals surface area contributed by atoms with Gasteiger partial charge in [-0.15, -0.1) is 0 Å². The molecule has 1 amide bonds. The van der Waals surface area contributed by atoms with E-state index in [4.69, 9.17) is 0 Å². The van der Waals surface area contributed by atoms with Crippen molar-refractivity contribution in [2.45, 2.75) is 32.6 Å². The largest absolute Gasteiger partial charge is 0.340 e. The molecule has 0 atom stereocenters. The fraction of sp³-hybridized carbons (Fsp3) is 0.400. The lowest BCUT2D eigenvalue weighted by Crippen LogP contribution is -2.29. The number of carbonyl (C=O) groups is 1. The molecule has 0 saturated carbocycles. The summed E-state index contributed by atoms with van der Waals surface area (Å²) in [5.41, 5.74) is 4.20. The fourth-order valence-corrected chi connectivity index (χ4v) is 3.17. The van der Waals surface area contributed by atoms with Gasteiger partial charge in [-0.25, -0.2) is 4.98 Å². The number of aromatic nitrogens is 1. The first kappa shape index (κ1) is 16.5. The number of nitrogens with zero attached hydrogens (tertiary/aromatic N) is 3. The van der Waals surface area contributed by atoms with Gasteiger partial charge in [-0.1, -0.05) is 31.5 Å². The van der Waals surface area contributed by atoms with Gasteiger partial charge in [0.2, 0.25) is 0 Å². The van der Waals surface area contributed by atoms with Crippen molar-refractivity contribution < 1.29 is 4.79 Å². The number of carbonyl (C=O) groups excluding carboxylic acids is 1. The molecule has 1 aliphatic rings. The number of unbranched alkanes of at least 4 members (excludes halogenated alkanes) is 1. The minimum absolute atomic E-state index is 0.00551. The van der Waals surface area contributed by atoms with E-state index in [-0.39, 0.29) is 5.91 Å². The van der Waals surface area contributed by atoms with Crippen LogP contribution in [0.15, 0.2) is 42.6 Å². The molecule has 0 fully saturated rings. The highest BCUT2D eigenvalue weighted by molar-refractivity contribution is 5.92. The molecule has 0 spiro atoms. The van der Waals surface area contributed by atoms with Crippen LogP contribution in [0, 0.1) is 0 Å².